The SMILES string of the molecule is CC(=O)c1cccc(OCCCN(C)C)c1.Cl. The van der Waals surface area contributed by atoms with Gasteiger partial charge in [-0.25, -0.2) is 0 Å². The average Bonchev–Trinajstić information content (AvgIpc) is 2.24. The van der Waals surface area contributed by atoms with E-state index in [4.69, 9.17) is 4.74 Å². The second kappa shape index (κ2) is 8.09. The molecule has 0 aromatic heterocycles. The van der Waals surface area contributed by atoms with Crippen LogP contribution in [0, 0.1) is 0 Å². The van der Waals surface area contributed by atoms with Crippen molar-refractivity contribution in [2.75, 3.05) is 27.2 Å². The van der Waals surface area contributed by atoms with Crippen LogP contribution in [0.3, 0.4) is 0 Å². The van der Waals surface area contributed by atoms with Crippen molar-refractivity contribution in [1.82, 2.24) is 4.90 Å². The van der Waals surface area contributed by atoms with Gasteiger partial charge in [0.1, 0.15) is 5.75 Å². The minimum Gasteiger partial charge on any atom is -0.494 e. The zero-order chi connectivity index (χ0) is 12.0. The normalized spacial score (nSPS) is 9.88. The summed E-state index contributed by atoms with van der Waals surface area (Å²) in [6, 6.07) is 7.31. The van der Waals surface area contributed by atoms with E-state index in [0.29, 0.717) is 12.2 Å². The lowest BCUT2D eigenvalue weighted by atomic mass is 10.1. The molecule has 0 radical (unpaired) electrons. The van der Waals surface area contributed by atoms with Gasteiger partial charge in [-0.1, -0.05) is 12.1 Å². The van der Waals surface area contributed by atoms with E-state index in [1.165, 1.54) is 0 Å². The Kier molecular flexibility index (Phi) is 7.59. The minimum atomic E-state index is 0. The second-order valence-corrected chi connectivity index (χ2v) is 4.09. The monoisotopic (exact) mass is 257 g/mol. The molecule has 0 spiro atoms. The fourth-order valence-corrected chi connectivity index (χ4v) is 1.38. The van der Waals surface area contributed by atoms with Crippen LogP contribution in [0.2, 0.25) is 0 Å². The van der Waals surface area contributed by atoms with E-state index in [0.717, 1.165) is 18.7 Å². The van der Waals surface area contributed by atoms with Crippen LogP contribution in [0.1, 0.15) is 23.7 Å². The van der Waals surface area contributed by atoms with Crippen LogP contribution < -0.4 is 4.74 Å². The van der Waals surface area contributed by atoms with E-state index < -0.39 is 0 Å². The maximum absolute atomic E-state index is 11.2. The Balaban J connectivity index is 0.00000256. The first kappa shape index (κ1) is 15.9. The van der Waals surface area contributed by atoms with Crippen LogP contribution in [0.4, 0.5) is 0 Å². The summed E-state index contributed by atoms with van der Waals surface area (Å²) in [7, 11) is 4.08. The number of ketones is 1. The predicted molar refractivity (Wildman–Crippen MR) is 72.4 cm³/mol. The molecule has 0 atom stereocenters. The van der Waals surface area contributed by atoms with Crippen LogP contribution in [0.25, 0.3) is 0 Å². The van der Waals surface area contributed by atoms with Crippen molar-refractivity contribution < 1.29 is 9.53 Å². The van der Waals surface area contributed by atoms with Gasteiger partial charge in [-0.05, 0) is 39.6 Å². The lowest BCUT2D eigenvalue weighted by Crippen LogP contribution is -2.15. The molecule has 0 saturated heterocycles. The van der Waals surface area contributed by atoms with Gasteiger partial charge in [0.25, 0.3) is 0 Å². The summed E-state index contributed by atoms with van der Waals surface area (Å²) in [5, 5.41) is 0. The molecule has 4 heteroatoms. The Morgan fingerprint density at radius 3 is 2.65 bits per heavy atom. The number of hydrogen-bond donors (Lipinski definition) is 0. The third kappa shape index (κ3) is 6.29. The second-order valence-electron chi connectivity index (χ2n) is 4.09. The molecule has 0 aliphatic rings. The van der Waals surface area contributed by atoms with Crippen LogP contribution >= 0.6 is 12.4 Å². The Morgan fingerprint density at radius 2 is 2.06 bits per heavy atom. The topological polar surface area (TPSA) is 29.5 Å². The number of Topliss-reactive ketones (excluding diaryl/α,β-unsaturated/α-hetero) is 1. The van der Waals surface area contributed by atoms with Gasteiger partial charge < -0.3 is 9.64 Å². The van der Waals surface area contributed by atoms with E-state index >= 15 is 0 Å². The molecule has 1 aromatic rings. The van der Waals surface area contributed by atoms with Crippen LogP contribution in [-0.4, -0.2) is 37.9 Å². The number of nitrogens with zero attached hydrogens (tertiary/aromatic N) is 1. The molecule has 0 aliphatic heterocycles. The third-order valence-electron chi connectivity index (χ3n) is 2.26. The maximum Gasteiger partial charge on any atom is 0.159 e. The van der Waals surface area contributed by atoms with Gasteiger partial charge in [-0.15, -0.1) is 12.4 Å². The van der Waals surface area contributed by atoms with Gasteiger partial charge in [0, 0.05) is 12.1 Å². The molecule has 1 aromatic carbocycles. The highest BCUT2D eigenvalue weighted by Crippen LogP contribution is 2.13. The zero-order valence-electron chi connectivity index (χ0n) is 10.6. The molecule has 0 unspecified atom stereocenters. The van der Waals surface area contributed by atoms with E-state index in [-0.39, 0.29) is 18.2 Å². The quantitative estimate of drug-likeness (QED) is 0.580. The molecule has 0 saturated carbocycles. The molecule has 3 nitrogen and oxygen atoms in total. The molecular formula is C13H20ClNO2. The first-order valence-corrected chi connectivity index (χ1v) is 5.48. The Labute approximate surface area is 109 Å². The van der Waals surface area contributed by atoms with Gasteiger partial charge in [0.2, 0.25) is 0 Å². The van der Waals surface area contributed by atoms with E-state index in [1.54, 1.807) is 19.1 Å². The highest BCUT2D eigenvalue weighted by Gasteiger charge is 2.00. The van der Waals surface area contributed by atoms with Crippen molar-refractivity contribution in [3.8, 4) is 5.75 Å². The molecule has 0 aliphatic carbocycles. The molecule has 1 rings (SSSR count). The van der Waals surface area contributed by atoms with Gasteiger partial charge in [0.05, 0.1) is 6.61 Å². The van der Waals surface area contributed by atoms with Crippen molar-refractivity contribution >= 4 is 18.2 Å². The van der Waals surface area contributed by atoms with Crippen molar-refractivity contribution in [2.24, 2.45) is 0 Å². The van der Waals surface area contributed by atoms with Crippen molar-refractivity contribution in [3.05, 3.63) is 29.8 Å². The van der Waals surface area contributed by atoms with Gasteiger partial charge in [-0.3, -0.25) is 4.79 Å². The summed E-state index contributed by atoms with van der Waals surface area (Å²) >= 11 is 0. The summed E-state index contributed by atoms with van der Waals surface area (Å²) < 4.78 is 5.57. The fourth-order valence-electron chi connectivity index (χ4n) is 1.38. The maximum atomic E-state index is 11.2. The van der Waals surface area contributed by atoms with Crippen molar-refractivity contribution in [2.45, 2.75) is 13.3 Å². The van der Waals surface area contributed by atoms with Gasteiger partial charge in [0.15, 0.2) is 5.78 Å². The van der Waals surface area contributed by atoms with Gasteiger partial charge in [-0.2, -0.15) is 0 Å². The summed E-state index contributed by atoms with van der Waals surface area (Å²) in [4.78, 5) is 13.3. The molecule has 0 fully saturated rings. The molecule has 96 valence electrons. The Hall–Kier alpha value is -1.06. The van der Waals surface area contributed by atoms with E-state index in [2.05, 4.69) is 4.90 Å². The fraction of sp³-hybridized carbons (Fsp3) is 0.462. The number of benzene rings is 1. The van der Waals surface area contributed by atoms with E-state index in [1.807, 2.05) is 26.2 Å². The van der Waals surface area contributed by atoms with Crippen LogP contribution in [0.15, 0.2) is 24.3 Å². The summed E-state index contributed by atoms with van der Waals surface area (Å²) in [6.45, 7) is 3.25. The lowest BCUT2D eigenvalue weighted by Gasteiger charge is -2.10. The Morgan fingerprint density at radius 1 is 1.35 bits per heavy atom. The largest absolute Gasteiger partial charge is 0.494 e. The molecular weight excluding hydrogens is 238 g/mol. The lowest BCUT2D eigenvalue weighted by molar-refractivity contribution is 0.101. The Bertz CT molecular complexity index is 353. The molecule has 0 amide bonds. The summed E-state index contributed by atoms with van der Waals surface area (Å²) in [6.07, 6.45) is 0.983. The highest BCUT2D eigenvalue weighted by atomic mass is 35.5. The zero-order valence-corrected chi connectivity index (χ0v) is 11.4. The summed E-state index contributed by atoms with van der Waals surface area (Å²) in [5.74, 6) is 0.838. The smallest absolute Gasteiger partial charge is 0.159 e. The van der Waals surface area contributed by atoms with Gasteiger partial charge >= 0.3 is 0 Å². The van der Waals surface area contributed by atoms with Crippen molar-refractivity contribution in [1.29, 1.82) is 0 Å². The first-order chi connectivity index (χ1) is 7.59. The summed E-state index contributed by atoms with van der Waals surface area (Å²) in [5.41, 5.74) is 0.699. The molecule has 0 heterocycles. The molecule has 17 heavy (non-hydrogen) atoms. The average molecular weight is 258 g/mol. The van der Waals surface area contributed by atoms with Crippen molar-refractivity contribution in [3.63, 3.8) is 0 Å². The number of carbonyl (C=O) groups excluding carboxylic acids is 1. The standard InChI is InChI=1S/C13H19NO2.ClH/c1-11(15)12-6-4-7-13(10-12)16-9-5-8-14(2)3;/h4,6-7,10H,5,8-9H2,1-3H3;1H. The van der Waals surface area contributed by atoms with Crippen LogP contribution in [0.5, 0.6) is 5.75 Å². The molecule has 0 bridgehead atoms. The number of halogens is 1. The van der Waals surface area contributed by atoms with E-state index in [9.17, 15) is 4.79 Å². The number of hydrogen-bond acceptors (Lipinski definition) is 3. The molecule has 0 N–H and O–H groups in total. The van der Waals surface area contributed by atoms with Crippen LogP contribution in [-0.2, 0) is 0 Å². The number of carbonyl (C=O) groups is 1. The third-order valence-corrected chi connectivity index (χ3v) is 2.26. The number of ether oxygens (including phenoxy) is 1. The predicted octanol–water partition coefficient (Wildman–Crippen LogP) is 2.64. The number of rotatable bonds is 6. The first-order valence-electron chi connectivity index (χ1n) is 5.48. The minimum absolute atomic E-state index is 0. The highest BCUT2D eigenvalue weighted by molar-refractivity contribution is 5.94.